The molecule has 3 N–H and O–H groups in total. The maximum Gasteiger partial charge on any atom is 0.253 e. The third-order valence-corrected chi connectivity index (χ3v) is 4.97. The zero-order chi connectivity index (χ0) is 20.0. The lowest BCUT2D eigenvalue weighted by atomic mass is 10.1. The van der Waals surface area contributed by atoms with Gasteiger partial charge in [0, 0.05) is 42.8 Å². The summed E-state index contributed by atoms with van der Waals surface area (Å²) in [6.07, 6.45) is 5.42. The predicted molar refractivity (Wildman–Crippen MR) is 109 cm³/mol. The van der Waals surface area contributed by atoms with E-state index < -0.39 is 0 Å². The van der Waals surface area contributed by atoms with Crippen LogP contribution in [0, 0.1) is 0 Å². The van der Waals surface area contributed by atoms with Gasteiger partial charge in [0.25, 0.3) is 5.91 Å². The number of aryl methyl sites for hydroxylation is 1. The molecule has 4 heterocycles. The molecule has 1 amide bonds. The van der Waals surface area contributed by atoms with Crippen LogP contribution in [0.1, 0.15) is 0 Å². The number of nitrogens with zero attached hydrogens (tertiary/aromatic N) is 5. The zero-order valence-corrected chi connectivity index (χ0v) is 15.8. The topological polar surface area (TPSA) is 115 Å². The van der Waals surface area contributed by atoms with Crippen LogP contribution in [0.2, 0.25) is 0 Å². The molecular formula is C20H19N7O2. The SMILES string of the molecule is Cn1cc(-c2cnc(N)c(-c3nc4ccc(N5CCOCC5=O)cc4[nH]3)c2)cn1. The summed E-state index contributed by atoms with van der Waals surface area (Å²) < 4.78 is 6.94. The second-order valence-electron chi connectivity index (χ2n) is 6.94. The van der Waals surface area contributed by atoms with Crippen LogP contribution >= 0.6 is 0 Å². The van der Waals surface area contributed by atoms with E-state index in [1.807, 2.05) is 37.5 Å². The van der Waals surface area contributed by atoms with E-state index in [1.54, 1.807) is 22.0 Å². The highest BCUT2D eigenvalue weighted by Crippen LogP contribution is 2.30. The van der Waals surface area contributed by atoms with Gasteiger partial charge in [-0.3, -0.25) is 9.48 Å². The molecule has 1 aliphatic rings. The van der Waals surface area contributed by atoms with Gasteiger partial charge < -0.3 is 20.4 Å². The molecule has 1 aliphatic heterocycles. The second-order valence-corrected chi connectivity index (χ2v) is 6.94. The number of aromatic nitrogens is 5. The molecule has 9 nitrogen and oxygen atoms in total. The first-order valence-electron chi connectivity index (χ1n) is 9.21. The van der Waals surface area contributed by atoms with Gasteiger partial charge in [-0.15, -0.1) is 0 Å². The number of benzene rings is 1. The largest absolute Gasteiger partial charge is 0.383 e. The number of pyridine rings is 1. The number of nitrogen functional groups attached to an aromatic ring is 1. The summed E-state index contributed by atoms with van der Waals surface area (Å²) in [5, 5.41) is 4.21. The van der Waals surface area contributed by atoms with E-state index in [-0.39, 0.29) is 12.5 Å². The number of hydrogen-bond acceptors (Lipinski definition) is 6. The molecular weight excluding hydrogens is 370 g/mol. The van der Waals surface area contributed by atoms with Crippen molar-refractivity contribution in [2.75, 3.05) is 30.4 Å². The van der Waals surface area contributed by atoms with Gasteiger partial charge in [0.05, 0.1) is 29.4 Å². The van der Waals surface area contributed by atoms with Gasteiger partial charge in [-0.25, -0.2) is 9.97 Å². The zero-order valence-electron chi connectivity index (χ0n) is 15.8. The minimum Gasteiger partial charge on any atom is -0.383 e. The molecule has 4 aromatic rings. The number of carbonyl (C=O) groups excluding carboxylic acids is 1. The fourth-order valence-electron chi connectivity index (χ4n) is 3.48. The molecule has 0 spiro atoms. The van der Waals surface area contributed by atoms with E-state index in [0.717, 1.165) is 27.8 Å². The number of carbonyl (C=O) groups is 1. The van der Waals surface area contributed by atoms with Crippen LogP contribution in [0.3, 0.4) is 0 Å². The first-order chi connectivity index (χ1) is 14.1. The number of ether oxygens (including phenoxy) is 1. The number of fused-ring (bicyclic) bond motifs is 1. The summed E-state index contributed by atoms with van der Waals surface area (Å²) in [7, 11) is 1.87. The number of aromatic amines is 1. The summed E-state index contributed by atoms with van der Waals surface area (Å²) in [6.45, 7) is 1.17. The van der Waals surface area contributed by atoms with Crippen LogP contribution in [0.25, 0.3) is 33.5 Å². The third-order valence-electron chi connectivity index (χ3n) is 4.97. The van der Waals surface area contributed by atoms with Crippen molar-refractivity contribution in [3.8, 4) is 22.5 Å². The van der Waals surface area contributed by atoms with Gasteiger partial charge in [0.1, 0.15) is 18.2 Å². The summed E-state index contributed by atoms with van der Waals surface area (Å²) in [5.74, 6) is 0.967. The molecule has 0 unspecified atom stereocenters. The molecule has 0 aliphatic carbocycles. The first-order valence-corrected chi connectivity index (χ1v) is 9.21. The molecule has 0 bridgehead atoms. The van der Waals surface area contributed by atoms with Gasteiger partial charge in [-0.2, -0.15) is 5.10 Å². The van der Waals surface area contributed by atoms with Crippen molar-refractivity contribution < 1.29 is 9.53 Å². The number of nitrogens with two attached hydrogens (primary N) is 1. The van der Waals surface area contributed by atoms with E-state index in [0.29, 0.717) is 30.4 Å². The van der Waals surface area contributed by atoms with E-state index >= 15 is 0 Å². The summed E-state index contributed by atoms with van der Waals surface area (Å²) in [6, 6.07) is 7.65. The van der Waals surface area contributed by atoms with Crippen molar-refractivity contribution in [3.05, 3.63) is 42.9 Å². The Bertz CT molecular complexity index is 1230. The number of morpholine rings is 1. The molecule has 0 radical (unpaired) electrons. The Morgan fingerprint density at radius 1 is 1.21 bits per heavy atom. The third kappa shape index (κ3) is 3.11. The lowest BCUT2D eigenvalue weighted by Gasteiger charge is -2.26. The van der Waals surface area contributed by atoms with E-state index in [1.165, 1.54) is 0 Å². The Morgan fingerprint density at radius 3 is 2.90 bits per heavy atom. The second kappa shape index (κ2) is 6.71. The van der Waals surface area contributed by atoms with Crippen molar-refractivity contribution >= 4 is 28.4 Å². The highest BCUT2D eigenvalue weighted by Gasteiger charge is 2.21. The Morgan fingerprint density at radius 2 is 2.10 bits per heavy atom. The fourth-order valence-corrected chi connectivity index (χ4v) is 3.48. The number of amides is 1. The molecule has 0 atom stereocenters. The maximum absolute atomic E-state index is 12.1. The highest BCUT2D eigenvalue weighted by atomic mass is 16.5. The standard InChI is InChI=1S/C20H19N7O2/c1-26-10-13(9-23-26)12-6-15(19(21)22-8-12)20-24-16-3-2-14(7-17(16)25-20)27-4-5-29-11-18(27)28/h2-3,6-10H,4-5,11H2,1H3,(H2,21,22)(H,24,25). The monoisotopic (exact) mass is 389 g/mol. The Kier molecular flexibility index (Phi) is 4.02. The smallest absolute Gasteiger partial charge is 0.253 e. The molecule has 9 heteroatoms. The van der Waals surface area contributed by atoms with Crippen LogP contribution in [-0.2, 0) is 16.6 Å². The van der Waals surface area contributed by atoms with Crippen LogP contribution in [-0.4, -0.2) is 50.4 Å². The Hall–Kier alpha value is -3.72. The molecule has 5 rings (SSSR count). The van der Waals surface area contributed by atoms with Gasteiger partial charge in [-0.05, 0) is 24.3 Å². The number of imidazole rings is 1. The molecule has 29 heavy (non-hydrogen) atoms. The van der Waals surface area contributed by atoms with E-state index in [9.17, 15) is 4.79 Å². The van der Waals surface area contributed by atoms with Crippen molar-refractivity contribution in [2.45, 2.75) is 0 Å². The van der Waals surface area contributed by atoms with E-state index in [2.05, 4.69) is 20.1 Å². The lowest BCUT2D eigenvalue weighted by Crippen LogP contribution is -2.41. The number of nitrogens with one attached hydrogen (secondary N) is 1. The van der Waals surface area contributed by atoms with Crippen LogP contribution < -0.4 is 10.6 Å². The van der Waals surface area contributed by atoms with Crippen molar-refractivity contribution in [1.82, 2.24) is 24.7 Å². The average molecular weight is 389 g/mol. The minimum atomic E-state index is -0.0482. The summed E-state index contributed by atoms with van der Waals surface area (Å²) >= 11 is 0. The number of H-pyrrole nitrogens is 1. The molecule has 1 fully saturated rings. The van der Waals surface area contributed by atoms with Crippen molar-refractivity contribution in [3.63, 3.8) is 0 Å². The molecule has 1 aromatic carbocycles. The van der Waals surface area contributed by atoms with Crippen LogP contribution in [0.15, 0.2) is 42.9 Å². The van der Waals surface area contributed by atoms with Crippen molar-refractivity contribution in [2.24, 2.45) is 7.05 Å². The molecule has 1 saturated heterocycles. The average Bonchev–Trinajstić information content (AvgIpc) is 3.34. The number of rotatable bonds is 3. The number of hydrogen-bond donors (Lipinski definition) is 2. The molecule has 3 aromatic heterocycles. The Balaban J connectivity index is 1.54. The lowest BCUT2D eigenvalue weighted by molar-refractivity contribution is -0.125. The molecule has 146 valence electrons. The highest BCUT2D eigenvalue weighted by molar-refractivity contribution is 5.97. The minimum absolute atomic E-state index is 0.0482. The van der Waals surface area contributed by atoms with E-state index in [4.69, 9.17) is 10.5 Å². The summed E-state index contributed by atoms with van der Waals surface area (Å²) in [5.41, 5.74) is 11.1. The fraction of sp³-hybridized carbons (Fsp3) is 0.200. The van der Waals surface area contributed by atoms with Gasteiger partial charge in [0.2, 0.25) is 0 Å². The van der Waals surface area contributed by atoms with Gasteiger partial charge in [-0.1, -0.05) is 0 Å². The number of anilines is 2. The van der Waals surface area contributed by atoms with Crippen LogP contribution in [0.5, 0.6) is 0 Å². The van der Waals surface area contributed by atoms with Gasteiger partial charge >= 0.3 is 0 Å². The normalized spacial score (nSPS) is 14.7. The van der Waals surface area contributed by atoms with Gasteiger partial charge in [0.15, 0.2) is 0 Å². The quantitative estimate of drug-likeness (QED) is 0.554. The maximum atomic E-state index is 12.1. The summed E-state index contributed by atoms with van der Waals surface area (Å²) in [4.78, 5) is 26.1. The molecule has 0 saturated carbocycles. The van der Waals surface area contributed by atoms with Crippen molar-refractivity contribution in [1.29, 1.82) is 0 Å². The predicted octanol–water partition coefficient (Wildman–Crippen LogP) is 1.97. The Labute approximate surface area is 166 Å². The van der Waals surface area contributed by atoms with Crippen LogP contribution in [0.4, 0.5) is 11.5 Å². The first kappa shape index (κ1) is 17.4.